The highest BCUT2D eigenvalue weighted by atomic mass is 14.9. The number of nitrogens with zero attached hydrogens (tertiary/aromatic N) is 2. The third-order valence-electron chi connectivity index (χ3n) is 5.98. The molecule has 1 heterocycles. The van der Waals surface area contributed by atoms with Crippen LogP contribution in [0.4, 0.5) is 5.69 Å². The maximum atomic E-state index is 4.88. The van der Waals surface area contributed by atoms with Gasteiger partial charge < -0.3 is 11.1 Å². The van der Waals surface area contributed by atoms with Gasteiger partial charge in [0, 0.05) is 35.4 Å². The van der Waals surface area contributed by atoms with Crippen molar-refractivity contribution >= 4 is 23.2 Å². The summed E-state index contributed by atoms with van der Waals surface area (Å²) in [6.07, 6.45) is 9.88. The van der Waals surface area contributed by atoms with Crippen LogP contribution in [0.1, 0.15) is 60.9 Å². The first-order chi connectivity index (χ1) is 15.9. The molecular weight excluding hydrogens is 404 g/mol. The van der Waals surface area contributed by atoms with E-state index in [0.717, 1.165) is 48.0 Å². The molecule has 2 aliphatic rings. The number of hydrogen-bond acceptors (Lipinski definition) is 4. The second-order valence-electron chi connectivity index (χ2n) is 8.67. The van der Waals surface area contributed by atoms with E-state index < -0.39 is 0 Å². The zero-order valence-corrected chi connectivity index (χ0v) is 20.2. The Kier molecular flexibility index (Phi) is 8.42. The van der Waals surface area contributed by atoms with Crippen LogP contribution in [0.15, 0.2) is 77.6 Å². The first kappa shape index (κ1) is 24.2. The van der Waals surface area contributed by atoms with Crippen molar-refractivity contribution in [2.24, 2.45) is 21.6 Å². The summed E-state index contributed by atoms with van der Waals surface area (Å²) >= 11 is 0. The van der Waals surface area contributed by atoms with E-state index in [1.165, 1.54) is 47.0 Å². The third-order valence-corrected chi connectivity index (χ3v) is 5.98. The van der Waals surface area contributed by atoms with Crippen LogP contribution in [0, 0.1) is 12.8 Å². The molecule has 0 aromatic heterocycles. The van der Waals surface area contributed by atoms with Crippen LogP contribution in [0.2, 0.25) is 0 Å². The number of rotatable bonds is 7. The van der Waals surface area contributed by atoms with Crippen LogP contribution in [-0.2, 0) is 13.0 Å². The highest BCUT2D eigenvalue weighted by Gasteiger charge is 2.25. The van der Waals surface area contributed by atoms with Gasteiger partial charge in [0.15, 0.2) is 0 Å². The smallest absolute Gasteiger partial charge is 0.0639 e. The van der Waals surface area contributed by atoms with Crippen molar-refractivity contribution in [3.05, 3.63) is 95.5 Å². The molecule has 1 aliphatic heterocycles. The molecule has 3 N–H and O–H groups in total. The predicted molar refractivity (Wildman–Crippen MR) is 144 cm³/mol. The molecule has 33 heavy (non-hydrogen) atoms. The van der Waals surface area contributed by atoms with Gasteiger partial charge in [0.1, 0.15) is 0 Å². The Morgan fingerprint density at radius 1 is 1.21 bits per heavy atom. The summed E-state index contributed by atoms with van der Waals surface area (Å²) in [5.74, 6) is 0.754. The fourth-order valence-electron chi connectivity index (χ4n) is 3.95. The van der Waals surface area contributed by atoms with Crippen LogP contribution >= 0.6 is 0 Å². The largest absolute Gasteiger partial charge is 0.405 e. The van der Waals surface area contributed by atoms with Crippen LogP contribution in [-0.4, -0.2) is 11.4 Å². The molecule has 4 nitrogen and oxygen atoms in total. The third kappa shape index (κ3) is 6.79. The first-order valence-corrected chi connectivity index (χ1v) is 11.7. The van der Waals surface area contributed by atoms with Gasteiger partial charge in [-0.25, -0.2) is 0 Å². The van der Waals surface area contributed by atoms with E-state index in [9.17, 15) is 0 Å². The lowest BCUT2D eigenvalue weighted by atomic mass is 10.0. The Morgan fingerprint density at radius 3 is 2.67 bits per heavy atom. The maximum absolute atomic E-state index is 4.88. The molecule has 0 saturated heterocycles. The van der Waals surface area contributed by atoms with Gasteiger partial charge in [-0.15, -0.1) is 0 Å². The Morgan fingerprint density at radius 2 is 1.97 bits per heavy atom. The van der Waals surface area contributed by atoms with Crippen molar-refractivity contribution in [1.29, 1.82) is 0 Å². The van der Waals surface area contributed by atoms with Crippen LogP contribution in [0.3, 0.4) is 0 Å². The number of nitrogens with two attached hydrogens (primary N) is 1. The van der Waals surface area contributed by atoms with Gasteiger partial charge in [0.2, 0.25) is 0 Å². The van der Waals surface area contributed by atoms with E-state index in [1.807, 2.05) is 6.20 Å². The molecule has 172 valence electrons. The highest BCUT2D eigenvalue weighted by Crippen LogP contribution is 2.32. The van der Waals surface area contributed by atoms with Crippen molar-refractivity contribution < 1.29 is 0 Å². The summed E-state index contributed by atoms with van der Waals surface area (Å²) in [6.45, 7) is 14.3. The predicted octanol–water partition coefficient (Wildman–Crippen LogP) is 6.81. The molecule has 4 rings (SSSR count). The topological polar surface area (TPSA) is 62.8 Å². The number of anilines is 1. The van der Waals surface area contributed by atoms with Crippen molar-refractivity contribution in [1.82, 2.24) is 0 Å². The minimum absolute atomic E-state index is 0.754. The number of aryl methyl sites for hydroxylation is 1. The highest BCUT2D eigenvalue weighted by molar-refractivity contribution is 6.00. The van der Waals surface area contributed by atoms with Crippen LogP contribution < -0.4 is 11.1 Å². The molecule has 1 saturated carbocycles. The molecular formula is C29H36N4. The lowest BCUT2D eigenvalue weighted by Crippen LogP contribution is -1.99. The van der Waals surface area contributed by atoms with E-state index >= 15 is 0 Å². The zero-order valence-electron chi connectivity index (χ0n) is 20.2. The Balaban J connectivity index is 0.000000968. The Hall–Kier alpha value is -3.40. The normalized spacial score (nSPS) is 15.7. The number of fused-ring (bicyclic) bond motifs is 1. The maximum Gasteiger partial charge on any atom is 0.0639 e. The lowest BCUT2D eigenvalue weighted by Gasteiger charge is -2.06. The van der Waals surface area contributed by atoms with Gasteiger partial charge in [0.05, 0.1) is 6.54 Å². The van der Waals surface area contributed by atoms with E-state index in [-0.39, 0.29) is 0 Å². The van der Waals surface area contributed by atoms with E-state index in [0.29, 0.717) is 0 Å². The summed E-state index contributed by atoms with van der Waals surface area (Å²) in [5.41, 5.74) is 15.4. The number of hydrogen-bond donors (Lipinski definition) is 2. The van der Waals surface area contributed by atoms with Gasteiger partial charge in [-0.1, -0.05) is 44.3 Å². The number of benzene rings is 2. The minimum atomic E-state index is 0.754. The van der Waals surface area contributed by atoms with Crippen molar-refractivity contribution in [3.8, 4) is 0 Å². The molecule has 0 unspecified atom stereocenters. The quantitative estimate of drug-likeness (QED) is 0.465. The molecule has 2 aromatic rings. The molecule has 1 fully saturated rings. The summed E-state index contributed by atoms with van der Waals surface area (Å²) in [6, 6.07) is 13.1. The average Bonchev–Trinajstić information content (AvgIpc) is 3.56. The van der Waals surface area contributed by atoms with E-state index in [1.54, 1.807) is 0 Å². The second-order valence-corrected chi connectivity index (χ2v) is 8.67. The summed E-state index contributed by atoms with van der Waals surface area (Å²) in [7, 11) is 0. The van der Waals surface area contributed by atoms with E-state index in [2.05, 4.69) is 92.4 Å². The number of aliphatic imine (C=N–C) groups is 2. The number of allylic oxidation sites excluding steroid dienone is 1. The van der Waals surface area contributed by atoms with Crippen molar-refractivity contribution in [2.75, 3.05) is 5.32 Å². The Bertz CT molecular complexity index is 1100. The fourth-order valence-corrected chi connectivity index (χ4v) is 3.95. The molecule has 4 heteroatoms. The molecule has 2 aromatic carbocycles. The number of nitrogens with one attached hydrogen (secondary N) is 1. The van der Waals surface area contributed by atoms with Gasteiger partial charge in [-0.05, 0) is 91.3 Å². The standard InChI is InChI=1S/C27H31N3.C2H5N/c1-5-26(22-8-9-22)29-17-21-7-6-18(2)23(15-21)12-13-28-20(4)24-10-11-25-14-19(3)30-27(25)16-24;1-2-3/h6-7,10-13,15-16,22,30H,3,5,8-9,14,17H2,1-2,4H3;2H,1,3H2/b13-12+,28-20?,29-26?;. The van der Waals surface area contributed by atoms with Gasteiger partial charge in [-0.3, -0.25) is 9.98 Å². The lowest BCUT2D eigenvalue weighted by molar-refractivity contribution is 0.991. The van der Waals surface area contributed by atoms with E-state index in [4.69, 9.17) is 4.99 Å². The van der Waals surface area contributed by atoms with Crippen molar-refractivity contribution in [2.45, 2.75) is 53.0 Å². The Labute approximate surface area is 198 Å². The summed E-state index contributed by atoms with van der Waals surface area (Å²) in [4.78, 5) is 9.56. The molecule has 0 bridgehead atoms. The second kappa shape index (κ2) is 11.5. The molecule has 1 aliphatic carbocycles. The molecule has 0 spiro atoms. The van der Waals surface area contributed by atoms with Crippen molar-refractivity contribution in [3.63, 3.8) is 0 Å². The SMILES string of the molecule is C=C1Cc2ccc(C(C)=N/C=C/c3cc(CN=C(CC)C4CC4)ccc3C)cc2N1.C=CN. The first-order valence-electron chi connectivity index (χ1n) is 11.7. The van der Waals surface area contributed by atoms with Crippen LogP contribution in [0.25, 0.3) is 6.08 Å². The monoisotopic (exact) mass is 440 g/mol. The minimum Gasteiger partial charge on any atom is -0.405 e. The van der Waals surface area contributed by atoms with Gasteiger partial charge in [0.25, 0.3) is 0 Å². The molecule has 0 amide bonds. The average molecular weight is 441 g/mol. The van der Waals surface area contributed by atoms with Gasteiger partial charge >= 0.3 is 0 Å². The fraction of sp³-hybridized carbons (Fsp3) is 0.310. The summed E-state index contributed by atoms with van der Waals surface area (Å²) in [5, 5.41) is 3.34. The zero-order chi connectivity index (χ0) is 23.8. The van der Waals surface area contributed by atoms with Gasteiger partial charge in [-0.2, -0.15) is 0 Å². The van der Waals surface area contributed by atoms with Crippen LogP contribution in [0.5, 0.6) is 0 Å². The molecule has 0 atom stereocenters. The summed E-state index contributed by atoms with van der Waals surface area (Å²) < 4.78 is 0. The molecule has 0 radical (unpaired) electrons.